The highest BCUT2D eigenvalue weighted by Gasteiger charge is 2.19. The molecule has 1 atom stereocenters. The van der Waals surface area contributed by atoms with E-state index in [0.717, 1.165) is 5.56 Å². The molecule has 2 aromatic rings. The van der Waals surface area contributed by atoms with Crippen LogP contribution < -0.4 is 10.1 Å². The molecule has 0 radical (unpaired) electrons. The summed E-state index contributed by atoms with van der Waals surface area (Å²) in [5.74, 6) is -0.249. The summed E-state index contributed by atoms with van der Waals surface area (Å²) >= 11 is 3.18. The van der Waals surface area contributed by atoms with Gasteiger partial charge in [0.15, 0.2) is 6.10 Å². The van der Waals surface area contributed by atoms with Crippen LogP contribution in [0.25, 0.3) is 0 Å². The van der Waals surface area contributed by atoms with Gasteiger partial charge in [0.25, 0.3) is 5.91 Å². The maximum absolute atomic E-state index is 13.8. The number of halogens is 2. The standard InChI is InChI=1S/C17H17BrFNO2/c1-3-16(22-13-7-4-11(2)5-8-13)17(21)20-15-9-6-12(18)10-14(15)19/h4-10,16H,3H2,1-2H3,(H,20,21)/t16-/m0/s1. The van der Waals surface area contributed by atoms with Crippen LogP contribution in [-0.2, 0) is 4.79 Å². The van der Waals surface area contributed by atoms with Gasteiger partial charge in [-0.15, -0.1) is 0 Å². The second kappa shape index (κ2) is 7.40. The Morgan fingerprint density at radius 2 is 1.95 bits per heavy atom. The minimum Gasteiger partial charge on any atom is -0.481 e. The summed E-state index contributed by atoms with van der Waals surface area (Å²) in [6.07, 6.45) is -0.191. The number of ether oxygens (including phenoxy) is 1. The zero-order chi connectivity index (χ0) is 16.1. The molecule has 0 saturated heterocycles. The zero-order valence-corrected chi connectivity index (χ0v) is 14.0. The van der Waals surface area contributed by atoms with Gasteiger partial charge in [0.2, 0.25) is 0 Å². The first kappa shape index (κ1) is 16.5. The lowest BCUT2D eigenvalue weighted by molar-refractivity contribution is -0.122. The summed E-state index contributed by atoms with van der Waals surface area (Å²) in [5, 5.41) is 2.56. The van der Waals surface area contributed by atoms with Crippen molar-refractivity contribution in [2.45, 2.75) is 26.4 Å². The van der Waals surface area contributed by atoms with Crippen LogP contribution in [0.3, 0.4) is 0 Å². The van der Waals surface area contributed by atoms with Crippen LogP contribution in [0, 0.1) is 12.7 Å². The third kappa shape index (κ3) is 4.31. The summed E-state index contributed by atoms with van der Waals surface area (Å²) in [6, 6.07) is 11.9. The first-order valence-corrected chi connectivity index (χ1v) is 7.78. The Morgan fingerprint density at radius 1 is 1.27 bits per heavy atom. The molecular weight excluding hydrogens is 349 g/mol. The topological polar surface area (TPSA) is 38.3 Å². The summed E-state index contributed by atoms with van der Waals surface area (Å²) < 4.78 is 20.1. The Hall–Kier alpha value is -1.88. The van der Waals surface area contributed by atoms with Crippen LogP contribution in [0.2, 0.25) is 0 Å². The van der Waals surface area contributed by atoms with Crippen LogP contribution in [0.15, 0.2) is 46.9 Å². The van der Waals surface area contributed by atoms with Gasteiger partial charge in [-0.2, -0.15) is 0 Å². The fourth-order valence-electron chi connectivity index (χ4n) is 1.91. The number of nitrogens with one attached hydrogen (secondary N) is 1. The van der Waals surface area contributed by atoms with Crippen LogP contribution in [0.5, 0.6) is 5.75 Å². The molecule has 0 bridgehead atoms. The molecule has 1 amide bonds. The van der Waals surface area contributed by atoms with Crippen LogP contribution >= 0.6 is 15.9 Å². The molecule has 0 fully saturated rings. The quantitative estimate of drug-likeness (QED) is 0.834. The van der Waals surface area contributed by atoms with E-state index in [0.29, 0.717) is 16.6 Å². The van der Waals surface area contributed by atoms with Gasteiger partial charge in [-0.3, -0.25) is 4.79 Å². The number of aryl methyl sites for hydroxylation is 1. The molecule has 0 unspecified atom stereocenters. The number of rotatable bonds is 5. The molecule has 116 valence electrons. The average Bonchev–Trinajstić information content (AvgIpc) is 2.49. The molecule has 2 aromatic carbocycles. The molecule has 0 aromatic heterocycles. The lowest BCUT2D eigenvalue weighted by Gasteiger charge is -2.17. The molecule has 1 N–H and O–H groups in total. The van der Waals surface area contributed by atoms with Crippen molar-refractivity contribution in [1.29, 1.82) is 0 Å². The highest BCUT2D eigenvalue weighted by molar-refractivity contribution is 9.10. The maximum Gasteiger partial charge on any atom is 0.265 e. The van der Waals surface area contributed by atoms with Gasteiger partial charge >= 0.3 is 0 Å². The monoisotopic (exact) mass is 365 g/mol. The van der Waals surface area contributed by atoms with Crippen molar-refractivity contribution in [1.82, 2.24) is 0 Å². The Kier molecular flexibility index (Phi) is 5.55. The van der Waals surface area contributed by atoms with Crippen molar-refractivity contribution in [3.05, 3.63) is 58.3 Å². The van der Waals surface area contributed by atoms with E-state index in [1.54, 1.807) is 6.07 Å². The molecule has 0 aliphatic carbocycles. The van der Waals surface area contributed by atoms with Gasteiger partial charge in [0.05, 0.1) is 5.69 Å². The van der Waals surface area contributed by atoms with Crippen molar-refractivity contribution in [3.8, 4) is 5.75 Å². The number of hydrogen-bond donors (Lipinski definition) is 1. The van der Waals surface area contributed by atoms with Crippen LogP contribution in [0.1, 0.15) is 18.9 Å². The lowest BCUT2D eigenvalue weighted by atomic mass is 10.2. The van der Waals surface area contributed by atoms with Crippen molar-refractivity contribution < 1.29 is 13.9 Å². The van der Waals surface area contributed by atoms with E-state index in [-0.39, 0.29) is 11.6 Å². The van der Waals surface area contributed by atoms with E-state index >= 15 is 0 Å². The van der Waals surface area contributed by atoms with E-state index in [9.17, 15) is 9.18 Å². The van der Waals surface area contributed by atoms with E-state index in [4.69, 9.17) is 4.74 Å². The van der Waals surface area contributed by atoms with Gasteiger partial charge in [-0.25, -0.2) is 4.39 Å². The third-order valence-electron chi connectivity index (χ3n) is 3.15. The van der Waals surface area contributed by atoms with Crippen molar-refractivity contribution in [2.75, 3.05) is 5.32 Å². The largest absolute Gasteiger partial charge is 0.481 e. The van der Waals surface area contributed by atoms with Crippen LogP contribution in [-0.4, -0.2) is 12.0 Å². The molecule has 22 heavy (non-hydrogen) atoms. The molecule has 3 nitrogen and oxygen atoms in total. The molecule has 5 heteroatoms. The van der Waals surface area contributed by atoms with E-state index in [1.165, 1.54) is 12.1 Å². The van der Waals surface area contributed by atoms with Crippen molar-refractivity contribution >= 4 is 27.5 Å². The Labute approximate surface area is 137 Å². The summed E-state index contributed by atoms with van der Waals surface area (Å²) in [4.78, 5) is 12.2. The lowest BCUT2D eigenvalue weighted by Crippen LogP contribution is -2.32. The molecule has 0 saturated carbocycles. The first-order chi connectivity index (χ1) is 10.5. The van der Waals surface area contributed by atoms with Gasteiger partial charge < -0.3 is 10.1 Å². The Bertz CT molecular complexity index is 658. The molecule has 0 spiro atoms. The van der Waals surface area contributed by atoms with E-state index in [1.807, 2.05) is 38.1 Å². The predicted molar refractivity (Wildman–Crippen MR) is 88.6 cm³/mol. The SMILES string of the molecule is CC[C@H](Oc1ccc(C)cc1)C(=O)Nc1ccc(Br)cc1F. The second-order valence-electron chi connectivity index (χ2n) is 4.94. The van der Waals surface area contributed by atoms with Gasteiger partial charge in [-0.05, 0) is 43.7 Å². The summed E-state index contributed by atoms with van der Waals surface area (Å²) in [6.45, 7) is 3.82. The van der Waals surface area contributed by atoms with Crippen LogP contribution in [0.4, 0.5) is 10.1 Å². The van der Waals surface area contributed by atoms with Crippen molar-refractivity contribution in [2.24, 2.45) is 0 Å². The summed E-state index contributed by atoms with van der Waals surface area (Å²) in [5.41, 5.74) is 1.25. The first-order valence-electron chi connectivity index (χ1n) is 6.99. The highest BCUT2D eigenvalue weighted by Crippen LogP contribution is 2.20. The Balaban J connectivity index is 2.06. The molecular formula is C17H17BrFNO2. The number of amides is 1. The predicted octanol–water partition coefficient (Wildman–Crippen LogP) is 4.69. The molecule has 0 aliphatic heterocycles. The minimum atomic E-state index is -0.675. The smallest absolute Gasteiger partial charge is 0.265 e. The number of benzene rings is 2. The highest BCUT2D eigenvalue weighted by atomic mass is 79.9. The normalized spacial score (nSPS) is 11.8. The fourth-order valence-corrected chi connectivity index (χ4v) is 2.24. The van der Waals surface area contributed by atoms with Gasteiger partial charge in [0, 0.05) is 4.47 Å². The van der Waals surface area contributed by atoms with E-state index < -0.39 is 11.9 Å². The number of anilines is 1. The number of hydrogen-bond acceptors (Lipinski definition) is 2. The fraction of sp³-hybridized carbons (Fsp3) is 0.235. The second-order valence-corrected chi connectivity index (χ2v) is 5.86. The zero-order valence-electron chi connectivity index (χ0n) is 12.4. The number of carbonyl (C=O) groups excluding carboxylic acids is 1. The van der Waals surface area contributed by atoms with Gasteiger partial charge in [0.1, 0.15) is 11.6 Å². The third-order valence-corrected chi connectivity index (χ3v) is 3.64. The van der Waals surface area contributed by atoms with Crippen molar-refractivity contribution in [3.63, 3.8) is 0 Å². The Morgan fingerprint density at radius 3 is 2.55 bits per heavy atom. The molecule has 0 aliphatic rings. The minimum absolute atomic E-state index is 0.138. The number of carbonyl (C=O) groups is 1. The molecule has 2 rings (SSSR count). The van der Waals surface area contributed by atoms with E-state index in [2.05, 4.69) is 21.2 Å². The van der Waals surface area contributed by atoms with Gasteiger partial charge in [-0.1, -0.05) is 40.5 Å². The maximum atomic E-state index is 13.8. The summed E-state index contributed by atoms with van der Waals surface area (Å²) in [7, 11) is 0. The average molecular weight is 366 g/mol. The molecule has 0 heterocycles.